The van der Waals surface area contributed by atoms with Gasteiger partial charge in [-0.2, -0.15) is 0 Å². The molecular formula is C98H177NO18. The van der Waals surface area contributed by atoms with Crippen molar-refractivity contribution in [3.8, 4) is 0 Å². The van der Waals surface area contributed by atoms with Gasteiger partial charge < -0.3 is 89.9 Å². The van der Waals surface area contributed by atoms with Crippen LogP contribution in [0.25, 0.3) is 0 Å². The zero-order valence-corrected chi connectivity index (χ0v) is 73.9. The van der Waals surface area contributed by atoms with Gasteiger partial charge in [-0.3, -0.25) is 4.79 Å². The van der Waals surface area contributed by atoms with Crippen molar-refractivity contribution in [2.45, 2.75) is 503 Å². The summed E-state index contributed by atoms with van der Waals surface area (Å²) in [5.41, 5.74) is 0. The zero-order chi connectivity index (χ0) is 84.5. The Bertz CT molecular complexity index is 2440. The number of amides is 1. The molecule has 3 heterocycles. The topological polar surface area (TPSA) is 307 Å². The first-order valence-electron chi connectivity index (χ1n) is 48.3. The quantitative estimate of drug-likeness (QED) is 0.0199. The minimum atomic E-state index is -1.98. The number of unbranched alkanes of at least 4 members (excludes halogenated alkanes) is 49. The first-order chi connectivity index (χ1) is 57.3. The molecular weight excluding hydrogens is 1480 g/mol. The Morgan fingerprint density at radius 1 is 0.316 bits per heavy atom. The van der Waals surface area contributed by atoms with Gasteiger partial charge in [-0.1, -0.05) is 407 Å². The van der Waals surface area contributed by atoms with E-state index in [1.807, 2.05) is 0 Å². The Morgan fingerprint density at radius 2 is 0.590 bits per heavy atom. The fourth-order valence-electron chi connectivity index (χ4n) is 16.1. The van der Waals surface area contributed by atoms with Crippen molar-refractivity contribution >= 4 is 5.91 Å². The normalized spacial score (nSPS) is 24.7. The first kappa shape index (κ1) is 108. The van der Waals surface area contributed by atoms with Gasteiger partial charge in [0.15, 0.2) is 18.9 Å². The van der Waals surface area contributed by atoms with Crippen molar-refractivity contribution in [2.24, 2.45) is 0 Å². The molecule has 3 aliphatic rings. The molecule has 3 fully saturated rings. The van der Waals surface area contributed by atoms with Crippen molar-refractivity contribution in [1.29, 1.82) is 0 Å². The summed E-state index contributed by atoms with van der Waals surface area (Å²) in [5, 5.41) is 122. The molecule has 682 valence electrons. The van der Waals surface area contributed by atoms with Crippen LogP contribution < -0.4 is 5.32 Å². The molecule has 0 aromatic heterocycles. The van der Waals surface area contributed by atoms with Crippen LogP contribution in [0, 0.1) is 0 Å². The van der Waals surface area contributed by atoms with Crippen LogP contribution in [0.1, 0.15) is 399 Å². The summed E-state index contributed by atoms with van der Waals surface area (Å²) < 4.78 is 34.6. The lowest BCUT2D eigenvalue weighted by Crippen LogP contribution is -2.66. The molecule has 17 atom stereocenters. The summed E-state index contributed by atoms with van der Waals surface area (Å²) in [4.78, 5) is 13.6. The molecule has 19 nitrogen and oxygen atoms in total. The van der Waals surface area contributed by atoms with Crippen LogP contribution in [0.2, 0.25) is 0 Å². The average molecular weight is 1660 g/mol. The first-order valence-corrected chi connectivity index (χ1v) is 48.3. The van der Waals surface area contributed by atoms with Crippen LogP contribution in [0.3, 0.4) is 0 Å². The minimum Gasteiger partial charge on any atom is -0.394 e. The van der Waals surface area contributed by atoms with Gasteiger partial charge in [-0.25, -0.2) is 0 Å². The van der Waals surface area contributed by atoms with Gasteiger partial charge in [-0.15, -0.1) is 0 Å². The molecule has 3 saturated heterocycles. The van der Waals surface area contributed by atoms with Crippen molar-refractivity contribution in [2.75, 3.05) is 26.4 Å². The number of aliphatic hydroxyl groups excluding tert-OH is 11. The number of rotatable bonds is 79. The third-order valence-electron chi connectivity index (χ3n) is 23.7. The zero-order valence-electron chi connectivity index (χ0n) is 73.9. The molecule has 0 aromatic rings. The Kier molecular flexibility index (Phi) is 70.8. The highest BCUT2D eigenvalue weighted by molar-refractivity contribution is 5.76. The lowest BCUT2D eigenvalue weighted by molar-refractivity contribution is -0.379. The summed E-state index contributed by atoms with van der Waals surface area (Å²) in [7, 11) is 0. The van der Waals surface area contributed by atoms with Gasteiger partial charge in [0.2, 0.25) is 5.91 Å². The van der Waals surface area contributed by atoms with E-state index in [-0.39, 0.29) is 18.9 Å². The summed E-state index contributed by atoms with van der Waals surface area (Å²) in [6.07, 6.45) is 78.5. The van der Waals surface area contributed by atoms with Crippen LogP contribution in [-0.2, 0) is 33.2 Å². The van der Waals surface area contributed by atoms with Gasteiger partial charge in [0.05, 0.1) is 38.6 Å². The highest BCUT2D eigenvalue weighted by Crippen LogP contribution is 2.34. The maximum atomic E-state index is 13.6. The summed E-state index contributed by atoms with van der Waals surface area (Å²) >= 11 is 0. The van der Waals surface area contributed by atoms with Gasteiger partial charge in [0.25, 0.3) is 0 Å². The number of ether oxygens (including phenoxy) is 6. The van der Waals surface area contributed by atoms with Crippen molar-refractivity contribution in [1.82, 2.24) is 5.32 Å². The molecule has 12 N–H and O–H groups in total. The Labute approximate surface area is 711 Å². The Hall–Kier alpha value is -3.03. The van der Waals surface area contributed by atoms with Crippen LogP contribution in [0.5, 0.6) is 0 Å². The number of carbonyl (C=O) groups is 1. The molecule has 0 aliphatic carbocycles. The molecule has 0 saturated carbocycles. The number of aliphatic hydroxyl groups is 11. The number of hydrogen-bond acceptors (Lipinski definition) is 18. The van der Waals surface area contributed by atoms with E-state index in [0.29, 0.717) is 12.8 Å². The highest BCUT2D eigenvalue weighted by Gasteiger charge is 2.54. The molecule has 3 rings (SSSR count). The number of allylic oxidation sites excluding steroid dienone is 14. The average Bonchev–Trinajstić information content (AvgIpc) is 0.778. The van der Waals surface area contributed by atoms with E-state index in [4.69, 9.17) is 28.4 Å². The van der Waals surface area contributed by atoms with Crippen molar-refractivity contribution < 1.29 is 89.4 Å². The molecule has 17 unspecified atom stereocenters. The molecule has 0 aromatic carbocycles. The van der Waals surface area contributed by atoms with E-state index in [0.717, 1.165) is 89.9 Å². The van der Waals surface area contributed by atoms with Gasteiger partial charge in [0.1, 0.15) is 73.2 Å². The van der Waals surface area contributed by atoms with Crippen molar-refractivity contribution in [3.63, 3.8) is 0 Å². The van der Waals surface area contributed by atoms with E-state index in [1.54, 1.807) is 0 Å². The summed E-state index contributed by atoms with van der Waals surface area (Å²) in [6, 6.07) is -0.892. The second-order valence-corrected chi connectivity index (χ2v) is 34.2. The van der Waals surface area contributed by atoms with E-state index in [9.17, 15) is 61.0 Å². The second-order valence-electron chi connectivity index (χ2n) is 34.2. The number of carbonyl (C=O) groups excluding carboxylic acids is 1. The highest BCUT2D eigenvalue weighted by atomic mass is 16.8. The molecule has 117 heavy (non-hydrogen) atoms. The largest absolute Gasteiger partial charge is 0.394 e. The predicted molar refractivity (Wildman–Crippen MR) is 475 cm³/mol. The van der Waals surface area contributed by atoms with E-state index in [1.165, 1.54) is 276 Å². The van der Waals surface area contributed by atoms with Gasteiger partial charge in [-0.05, 0) is 70.6 Å². The molecule has 1 amide bonds. The third kappa shape index (κ3) is 54.4. The standard InChI is InChI=1S/C98H177NO18/c1-3-5-7-9-11-13-15-17-19-21-23-25-27-29-31-33-35-36-37-38-39-40-41-42-43-44-46-48-50-52-54-56-58-60-62-64-66-68-70-72-74-76-86(104)99-81(82(103)75-73-71-69-67-65-63-61-59-57-55-53-51-49-47-45-34-32-30-28-26-24-22-20-18-16-14-12-10-8-6-4-2)80-112-96-92(110)89(107)94(84(78-101)114-96)117-98-93(111)90(108)95(85(79-102)115-98)116-97-91(109)88(106)87(105)83(77-100)113-97/h5,7,11,13,17,19,23,25,29,31,35-36,38-39,81-85,87-98,100-103,105-111H,3-4,6,8-10,12,14-16,18,20-22,24,26-28,30,32-34,37,40-80H2,1-2H3,(H,99,104)/b7-5-,13-11-,19-17-,25-23-,31-29-,36-35-,39-38-. The molecule has 3 aliphatic heterocycles. The number of hydrogen-bond donors (Lipinski definition) is 12. The van der Waals surface area contributed by atoms with Crippen LogP contribution in [0.4, 0.5) is 0 Å². The predicted octanol–water partition coefficient (Wildman–Crippen LogP) is 19.6. The number of nitrogens with one attached hydrogen (secondary N) is 1. The van der Waals surface area contributed by atoms with E-state index in [2.05, 4.69) is 104 Å². The van der Waals surface area contributed by atoms with Gasteiger partial charge in [0, 0.05) is 6.42 Å². The molecule has 0 spiro atoms. The fourth-order valence-corrected chi connectivity index (χ4v) is 16.1. The second kappa shape index (κ2) is 76.6. The van der Waals surface area contributed by atoms with Crippen LogP contribution in [0.15, 0.2) is 85.1 Å². The van der Waals surface area contributed by atoms with E-state index >= 15 is 0 Å². The Morgan fingerprint density at radius 3 is 0.923 bits per heavy atom. The Balaban J connectivity index is 1.29. The molecule has 0 radical (unpaired) electrons. The van der Waals surface area contributed by atoms with Crippen LogP contribution in [-0.4, -0.2) is 193 Å². The summed E-state index contributed by atoms with van der Waals surface area (Å²) in [6.45, 7) is 1.75. The lowest BCUT2D eigenvalue weighted by Gasteiger charge is -2.48. The maximum absolute atomic E-state index is 13.6. The fraction of sp³-hybridized carbons (Fsp3) is 0.847. The molecule has 19 heteroatoms. The SMILES string of the molecule is CC/C=C\C/C=C\C/C=C\C/C=C\C/C=C\C/C=C\C/C=C\CCCCCCCCCCCCCCCCCCCCCC(=O)NC(COC1OC(CO)C(OC2OC(CO)C(OC3OC(CO)C(O)C(O)C3O)C(O)C2O)C(O)C1O)C(O)CCCCCCCCCCCCCCCCCCCCCCCCCCCCCCCCC. The maximum Gasteiger partial charge on any atom is 0.220 e. The van der Waals surface area contributed by atoms with Gasteiger partial charge >= 0.3 is 0 Å². The lowest BCUT2D eigenvalue weighted by atomic mass is 9.96. The van der Waals surface area contributed by atoms with Crippen LogP contribution >= 0.6 is 0 Å². The monoisotopic (exact) mass is 1660 g/mol. The molecule has 0 bridgehead atoms. The smallest absolute Gasteiger partial charge is 0.220 e. The minimum absolute atomic E-state index is 0.237. The van der Waals surface area contributed by atoms with E-state index < -0.39 is 124 Å². The third-order valence-corrected chi connectivity index (χ3v) is 23.7. The van der Waals surface area contributed by atoms with Crippen molar-refractivity contribution in [3.05, 3.63) is 85.1 Å². The summed E-state index contributed by atoms with van der Waals surface area (Å²) in [5.74, 6) is -0.237.